The maximum Gasteiger partial charge on any atom is 0.228 e. The smallest absolute Gasteiger partial charge is 0.228 e. The number of carbonyl (C=O) groups is 1. The van der Waals surface area contributed by atoms with Crippen LogP contribution in [0.3, 0.4) is 0 Å². The lowest BCUT2D eigenvalue weighted by Crippen LogP contribution is -2.00. The van der Waals surface area contributed by atoms with E-state index in [4.69, 9.17) is 4.42 Å². The van der Waals surface area contributed by atoms with Crippen LogP contribution in [-0.2, 0) is 19.3 Å². The first-order valence-corrected chi connectivity index (χ1v) is 6.53. The summed E-state index contributed by atoms with van der Waals surface area (Å²) in [4.78, 5) is 12.3. The topological polar surface area (TPSA) is 30.2 Å². The predicted octanol–water partition coefficient (Wildman–Crippen LogP) is 3.56. The zero-order valence-corrected chi connectivity index (χ0v) is 10.5. The van der Waals surface area contributed by atoms with Gasteiger partial charge in [0.15, 0.2) is 5.76 Å². The van der Waals surface area contributed by atoms with Gasteiger partial charge in [-0.05, 0) is 48.6 Å². The molecular formula is C16H16O2. The molecule has 0 unspecified atom stereocenters. The van der Waals surface area contributed by atoms with Crippen LogP contribution in [0, 0.1) is 0 Å². The van der Waals surface area contributed by atoms with E-state index in [0.717, 1.165) is 30.6 Å². The number of hydrogen-bond donors (Lipinski definition) is 0. The molecule has 92 valence electrons. The lowest BCUT2D eigenvalue weighted by Gasteiger charge is -2.02. The van der Waals surface area contributed by atoms with Crippen LogP contribution >= 0.6 is 0 Å². The highest BCUT2D eigenvalue weighted by molar-refractivity contribution is 6.07. The summed E-state index contributed by atoms with van der Waals surface area (Å²) in [6.45, 7) is 2.02. The Hall–Kier alpha value is -1.83. The third-order valence-electron chi connectivity index (χ3n) is 3.59. The fourth-order valence-electron chi connectivity index (χ4n) is 2.55. The number of fused-ring (bicyclic) bond motifs is 1. The number of benzene rings is 1. The molecule has 2 aromatic rings. The zero-order chi connectivity index (χ0) is 12.5. The molecule has 0 radical (unpaired) electrons. The number of aryl methyl sites for hydroxylation is 3. The fraction of sp³-hybridized carbons (Fsp3) is 0.312. The number of ketones is 1. The molecule has 1 aliphatic rings. The maximum atomic E-state index is 12.3. The van der Waals surface area contributed by atoms with Gasteiger partial charge in [0.1, 0.15) is 5.76 Å². The first kappa shape index (κ1) is 11.3. The van der Waals surface area contributed by atoms with E-state index in [1.54, 1.807) is 6.07 Å². The van der Waals surface area contributed by atoms with Gasteiger partial charge in [-0.15, -0.1) is 0 Å². The summed E-state index contributed by atoms with van der Waals surface area (Å²) < 4.78 is 5.52. The van der Waals surface area contributed by atoms with Crippen LogP contribution in [0.2, 0.25) is 0 Å². The molecule has 0 saturated heterocycles. The Balaban J connectivity index is 1.92. The molecule has 0 fully saturated rings. The SMILES string of the molecule is CCc1ccc(C(=O)c2ccc3c(c2)CCC3)o1. The average Bonchev–Trinajstić information content (AvgIpc) is 3.05. The number of furan rings is 1. The number of hydrogen-bond acceptors (Lipinski definition) is 2. The molecule has 0 N–H and O–H groups in total. The molecule has 3 rings (SSSR count). The standard InChI is InChI=1S/C16H16O2/c1-2-14-8-9-15(18-14)16(17)13-7-6-11-4-3-5-12(11)10-13/h6-10H,2-5H2,1H3. The van der Waals surface area contributed by atoms with Crippen LogP contribution in [0.5, 0.6) is 0 Å². The van der Waals surface area contributed by atoms with Crippen LogP contribution in [0.1, 0.15) is 46.3 Å². The molecule has 1 heterocycles. The molecular weight excluding hydrogens is 224 g/mol. The molecule has 0 amide bonds. The van der Waals surface area contributed by atoms with Crippen molar-refractivity contribution in [3.63, 3.8) is 0 Å². The third kappa shape index (κ3) is 1.88. The summed E-state index contributed by atoms with van der Waals surface area (Å²) in [5, 5.41) is 0. The van der Waals surface area contributed by atoms with Crippen LogP contribution < -0.4 is 0 Å². The van der Waals surface area contributed by atoms with Crippen molar-refractivity contribution in [2.75, 3.05) is 0 Å². The Morgan fingerprint density at radius 3 is 2.78 bits per heavy atom. The van der Waals surface area contributed by atoms with E-state index in [1.165, 1.54) is 17.5 Å². The number of rotatable bonds is 3. The van der Waals surface area contributed by atoms with Gasteiger partial charge in [0.05, 0.1) is 0 Å². The first-order valence-electron chi connectivity index (χ1n) is 6.53. The molecule has 2 nitrogen and oxygen atoms in total. The second kappa shape index (κ2) is 4.45. The zero-order valence-electron chi connectivity index (χ0n) is 10.5. The molecule has 0 bridgehead atoms. The molecule has 1 aliphatic carbocycles. The van der Waals surface area contributed by atoms with Gasteiger partial charge in [0, 0.05) is 12.0 Å². The summed E-state index contributed by atoms with van der Waals surface area (Å²) >= 11 is 0. The average molecular weight is 240 g/mol. The first-order chi connectivity index (χ1) is 8.78. The van der Waals surface area contributed by atoms with E-state index in [1.807, 2.05) is 25.1 Å². The van der Waals surface area contributed by atoms with Crippen LogP contribution in [-0.4, -0.2) is 5.78 Å². The minimum atomic E-state index is -0.00981. The van der Waals surface area contributed by atoms with E-state index in [2.05, 4.69) is 6.07 Å². The van der Waals surface area contributed by atoms with Gasteiger partial charge in [0.2, 0.25) is 5.78 Å². The Morgan fingerprint density at radius 2 is 2.00 bits per heavy atom. The highest BCUT2D eigenvalue weighted by atomic mass is 16.3. The largest absolute Gasteiger partial charge is 0.458 e. The van der Waals surface area contributed by atoms with Crippen molar-refractivity contribution < 1.29 is 9.21 Å². The van der Waals surface area contributed by atoms with Crippen molar-refractivity contribution in [3.05, 3.63) is 58.5 Å². The van der Waals surface area contributed by atoms with Gasteiger partial charge in [-0.25, -0.2) is 0 Å². The molecule has 0 atom stereocenters. The van der Waals surface area contributed by atoms with Crippen LogP contribution in [0.15, 0.2) is 34.7 Å². The molecule has 2 heteroatoms. The van der Waals surface area contributed by atoms with Crippen LogP contribution in [0.4, 0.5) is 0 Å². The minimum absolute atomic E-state index is 0.00981. The molecule has 1 aromatic carbocycles. The van der Waals surface area contributed by atoms with E-state index in [9.17, 15) is 4.79 Å². The van der Waals surface area contributed by atoms with Crippen molar-refractivity contribution >= 4 is 5.78 Å². The summed E-state index contributed by atoms with van der Waals surface area (Å²) in [6.07, 6.45) is 4.25. The minimum Gasteiger partial charge on any atom is -0.458 e. The van der Waals surface area contributed by atoms with Gasteiger partial charge in [-0.3, -0.25) is 4.79 Å². The van der Waals surface area contributed by atoms with Crippen molar-refractivity contribution in [3.8, 4) is 0 Å². The molecule has 0 aliphatic heterocycles. The van der Waals surface area contributed by atoms with Crippen LogP contribution in [0.25, 0.3) is 0 Å². The quantitative estimate of drug-likeness (QED) is 0.768. The highest BCUT2D eigenvalue weighted by Crippen LogP contribution is 2.24. The maximum absolute atomic E-state index is 12.3. The van der Waals surface area contributed by atoms with E-state index in [0.29, 0.717) is 5.76 Å². The van der Waals surface area contributed by atoms with E-state index in [-0.39, 0.29) is 5.78 Å². The van der Waals surface area contributed by atoms with Gasteiger partial charge in [0.25, 0.3) is 0 Å². The second-order valence-electron chi connectivity index (χ2n) is 4.79. The lowest BCUT2D eigenvalue weighted by molar-refractivity contribution is 0.101. The van der Waals surface area contributed by atoms with Crippen molar-refractivity contribution in [1.82, 2.24) is 0 Å². The fourth-order valence-corrected chi connectivity index (χ4v) is 2.55. The monoisotopic (exact) mass is 240 g/mol. The Labute approximate surface area is 107 Å². The molecule has 1 aromatic heterocycles. The van der Waals surface area contributed by atoms with Crippen molar-refractivity contribution in [2.24, 2.45) is 0 Å². The van der Waals surface area contributed by atoms with Gasteiger partial charge < -0.3 is 4.42 Å². The van der Waals surface area contributed by atoms with Crippen molar-refractivity contribution in [1.29, 1.82) is 0 Å². The normalized spacial score (nSPS) is 13.6. The van der Waals surface area contributed by atoms with E-state index >= 15 is 0 Å². The lowest BCUT2D eigenvalue weighted by atomic mass is 10.0. The molecule has 0 spiro atoms. The summed E-state index contributed by atoms with van der Waals surface area (Å²) in [5.41, 5.74) is 3.45. The highest BCUT2D eigenvalue weighted by Gasteiger charge is 2.17. The van der Waals surface area contributed by atoms with Gasteiger partial charge >= 0.3 is 0 Å². The third-order valence-corrected chi connectivity index (χ3v) is 3.59. The van der Waals surface area contributed by atoms with Gasteiger partial charge in [-0.2, -0.15) is 0 Å². The van der Waals surface area contributed by atoms with Gasteiger partial charge in [-0.1, -0.05) is 19.1 Å². The van der Waals surface area contributed by atoms with Crippen molar-refractivity contribution in [2.45, 2.75) is 32.6 Å². The Morgan fingerprint density at radius 1 is 1.17 bits per heavy atom. The molecule has 0 saturated carbocycles. The Bertz CT molecular complexity index is 593. The predicted molar refractivity (Wildman–Crippen MR) is 70.0 cm³/mol. The second-order valence-corrected chi connectivity index (χ2v) is 4.79. The number of carbonyl (C=O) groups excluding carboxylic acids is 1. The summed E-state index contributed by atoms with van der Waals surface area (Å²) in [5.74, 6) is 1.30. The van der Waals surface area contributed by atoms with E-state index < -0.39 is 0 Å². The Kier molecular flexibility index (Phi) is 2.78. The molecule has 18 heavy (non-hydrogen) atoms. The summed E-state index contributed by atoms with van der Waals surface area (Å²) in [6, 6.07) is 9.67. The summed E-state index contributed by atoms with van der Waals surface area (Å²) in [7, 11) is 0.